The largest absolute Gasteiger partial charge is 0.481 e. The van der Waals surface area contributed by atoms with E-state index in [1.165, 1.54) is 20.3 Å². The number of methoxy groups -OCH3 is 2. The van der Waals surface area contributed by atoms with Gasteiger partial charge in [-0.3, -0.25) is 0 Å². The van der Waals surface area contributed by atoms with E-state index in [1.54, 1.807) is 0 Å². The van der Waals surface area contributed by atoms with Crippen LogP contribution in [-0.4, -0.2) is 38.9 Å². The lowest BCUT2D eigenvalue weighted by Crippen LogP contribution is -2.06. The van der Waals surface area contributed by atoms with Crippen molar-refractivity contribution in [3.63, 3.8) is 0 Å². The zero-order valence-corrected chi connectivity index (χ0v) is 12.8. The molecule has 0 bridgehead atoms. The van der Waals surface area contributed by atoms with Gasteiger partial charge in [-0.05, 0) is 0 Å². The molecule has 106 valence electrons. The highest BCUT2D eigenvalue weighted by atomic mass is 32.2. The van der Waals surface area contributed by atoms with Crippen molar-refractivity contribution in [3.8, 4) is 11.8 Å². The third kappa shape index (κ3) is 6.39. The number of sulfone groups is 1. The summed E-state index contributed by atoms with van der Waals surface area (Å²) in [5.41, 5.74) is 0. The molecule has 1 aromatic rings. The van der Waals surface area contributed by atoms with Gasteiger partial charge in [0.15, 0.2) is 0 Å². The molecule has 1 heterocycles. The summed E-state index contributed by atoms with van der Waals surface area (Å²) in [7, 11) is -0.685. The van der Waals surface area contributed by atoms with Gasteiger partial charge in [0.05, 0.1) is 20.3 Å². The average Bonchev–Trinajstić information content (AvgIpc) is 2.41. The van der Waals surface area contributed by atoms with Gasteiger partial charge in [0.25, 0.3) is 5.16 Å². The van der Waals surface area contributed by atoms with Crippen molar-refractivity contribution in [1.82, 2.24) is 9.97 Å². The highest BCUT2D eigenvalue weighted by Gasteiger charge is 2.14. The monoisotopic (exact) mass is 278 g/mol. The minimum Gasteiger partial charge on any atom is -0.481 e. The fraction of sp³-hybridized carbons (Fsp3) is 0.636. The van der Waals surface area contributed by atoms with Crippen molar-refractivity contribution in [1.29, 1.82) is 0 Å². The number of hydrogen-bond donors (Lipinski definition) is 0. The zero-order chi connectivity index (χ0) is 14.8. The van der Waals surface area contributed by atoms with E-state index in [0.29, 0.717) is 0 Å². The van der Waals surface area contributed by atoms with Gasteiger partial charge >= 0.3 is 0 Å². The van der Waals surface area contributed by atoms with Crippen molar-refractivity contribution in [2.75, 3.05) is 20.5 Å². The van der Waals surface area contributed by atoms with Gasteiger partial charge in [-0.1, -0.05) is 27.7 Å². The van der Waals surface area contributed by atoms with Crippen LogP contribution >= 0.6 is 0 Å². The molecule has 0 saturated heterocycles. The van der Waals surface area contributed by atoms with E-state index in [2.05, 4.69) is 9.97 Å². The zero-order valence-electron chi connectivity index (χ0n) is 12.0. The van der Waals surface area contributed by atoms with E-state index in [-0.39, 0.29) is 16.9 Å². The van der Waals surface area contributed by atoms with Crippen molar-refractivity contribution >= 4 is 9.84 Å². The van der Waals surface area contributed by atoms with Gasteiger partial charge in [0.2, 0.25) is 21.6 Å². The Morgan fingerprint density at radius 1 is 0.944 bits per heavy atom. The normalized spacial score (nSPS) is 9.28. The van der Waals surface area contributed by atoms with Crippen LogP contribution in [0, 0.1) is 0 Å². The third-order valence-electron chi connectivity index (χ3n) is 1.41. The number of rotatable bonds is 3. The average molecular weight is 278 g/mol. The molecule has 0 spiro atoms. The molecule has 0 aromatic carbocycles. The molecule has 0 aliphatic rings. The number of aromatic nitrogens is 2. The molecule has 0 amide bonds. The van der Waals surface area contributed by atoms with Gasteiger partial charge in [-0.15, -0.1) is 0 Å². The Balaban J connectivity index is 0. The summed E-state index contributed by atoms with van der Waals surface area (Å²) >= 11 is 0. The number of nitrogens with zero attached hydrogens (tertiary/aromatic N) is 2. The lowest BCUT2D eigenvalue weighted by Gasteiger charge is -2.04. The Morgan fingerprint density at radius 2 is 1.28 bits per heavy atom. The van der Waals surface area contributed by atoms with E-state index in [4.69, 9.17) is 9.47 Å². The lowest BCUT2D eigenvalue weighted by molar-refractivity contribution is 0.363. The number of ether oxygens (including phenoxy) is 2. The molecule has 0 saturated carbocycles. The van der Waals surface area contributed by atoms with Gasteiger partial charge in [-0.2, -0.15) is 9.97 Å². The molecule has 1 rings (SSSR count). The maximum atomic E-state index is 11.1. The highest BCUT2D eigenvalue weighted by Crippen LogP contribution is 2.16. The smallest absolute Gasteiger partial charge is 0.253 e. The summed E-state index contributed by atoms with van der Waals surface area (Å²) in [5.74, 6) is 0.301. The second-order valence-electron chi connectivity index (χ2n) is 2.51. The molecule has 18 heavy (non-hydrogen) atoms. The first kappa shape index (κ1) is 19.0. The Morgan fingerprint density at radius 3 is 1.50 bits per heavy atom. The predicted octanol–water partition coefficient (Wildman–Crippen LogP) is 1.95. The van der Waals surface area contributed by atoms with Crippen LogP contribution in [0.3, 0.4) is 0 Å². The van der Waals surface area contributed by atoms with Crippen molar-refractivity contribution in [2.45, 2.75) is 32.9 Å². The molecule has 0 N–H and O–H groups in total. The fourth-order valence-electron chi connectivity index (χ4n) is 0.759. The maximum absolute atomic E-state index is 11.1. The predicted molar refractivity (Wildman–Crippen MR) is 70.9 cm³/mol. The van der Waals surface area contributed by atoms with Crippen LogP contribution in [0.4, 0.5) is 0 Å². The molecule has 0 radical (unpaired) electrons. The summed E-state index contributed by atoms with van der Waals surface area (Å²) < 4.78 is 31.9. The maximum Gasteiger partial charge on any atom is 0.253 e. The minimum atomic E-state index is -3.45. The number of hydrogen-bond acceptors (Lipinski definition) is 6. The summed E-state index contributed by atoms with van der Waals surface area (Å²) in [5, 5.41) is -0.311. The lowest BCUT2D eigenvalue weighted by atomic mass is 10.6. The molecule has 0 aliphatic heterocycles. The van der Waals surface area contributed by atoms with Gasteiger partial charge in [-0.25, -0.2) is 8.42 Å². The van der Waals surface area contributed by atoms with E-state index in [9.17, 15) is 8.42 Å². The first-order valence-electron chi connectivity index (χ1n) is 5.64. The van der Waals surface area contributed by atoms with Crippen molar-refractivity contribution < 1.29 is 17.9 Å². The van der Waals surface area contributed by atoms with Crippen LogP contribution in [0.2, 0.25) is 0 Å². The molecular weight excluding hydrogens is 256 g/mol. The Labute approximate surface area is 109 Å². The molecule has 0 fully saturated rings. The SMILES string of the molecule is CC.CC.COc1cc(OC)nc(S(C)(=O)=O)n1. The Kier molecular flexibility index (Phi) is 10.2. The minimum absolute atomic E-state index is 0.150. The van der Waals surface area contributed by atoms with Crippen LogP contribution in [-0.2, 0) is 9.84 Å². The first-order valence-corrected chi connectivity index (χ1v) is 7.53. The fourth-order valence-corrected chi connectivity index (χ4v) is 1.27. The molecule has 0 unspecified atom stereocenters. The molecule has 7 heteroatoms. The topological polar surface area (TPSA) is 78.4 Å². The Hall–Kier alpha value is -1.37. The van der Waals surface area contributed by atoms with E-state index in [0.717, 1.165) is 6.26 Å². The molecule has 6 nitrogen and oxygen atoms in total. The quantitative estimate of drug-likeness (QED) is 0.786. The van der Waals surface area contributed by atoms with Gasteiger partial charge in [0, 0.05) is 6.26 Å². The summed E-state index contributed by atoms with van der Waals surface area (Å²) in [6.07, 6.45) is 1.02. The molecule has 0 aliphatic carbocycles. The highest BCUT2D eigenvalue weighted by molar-refractivity contribution is 7.90. The van der Waals surface area contributed by atoms with Crippen LogP contribution in [0.5, 0.6) is 11.8 Å². The van der Waals surface area contributed by atoms with Crippen LogP contribution < -0.4 is 9.47 Å². The van der Waals surface area contributed by atoms with Crippen molar-refractivity contribution in [3.05, 3.63) is 6.07 Å². The summed E-state index contributed by atoms with van der Waals surface area (Å²) in [6.45, 7) is 8.00. The third-order valence-corrected chi connectivity index (χ3v) is 2.25. The van der Waals surface area contributed by atoms with Gasteiger partial charge in [0.1, 0.15) is 0 Å². The first-order chi connectivity index (χ1) is 8.47. The Bertz CT molecular complexity index is 410. The summed E-state index contributed by atoms with van der Waals surface area (Å²) in [4.78, 5) is 7.34. The van der Waals surface area contributed by atoms with Crippen LogP contribution in [0.1, 0.15) is 27.7 Å². The second kappa shape index (κ2) is 9.64. The van der Waals surface area contributed by atoms with Gasteiger partial charge < -0.3 is 9.47 Å². The van der Waals surface area contributed by atoms with Crippen LogP contribution in [0.15, 0.2) is 11.2 Å². The van der Waals surface area contributed by atoms with Crippen LogP contribution in [0.25, 0.3) is 0 Å². The molecule has 1 aromatic heterocycles. The molecular formula is C11H22N2O4S. The van der Waals surface area contributed by atoms with E-state index >= 15 is 0 Å². The standard InChI is InChI=1S/C7H10N2O4S.2C2H6/c1-12-5-4-6(13-2)9-7(8-5)14(3,10)11;2*1-2/h4H,1-3H3;2*1-2H3. The van der Waals surface area contributed by atoms with Crippen molar-refractivity contribution in [2.24, 2.45) is 0 Å². The second-order valence-corrected chi connectivity index (χ2v) is 4.42. The van der Waals surface area contributed by atoms with E-state index in [1.807, 2.05) is 27.7 Å². The van der Waals surface area contributed by atoms with E-state index < -0.39 is 9.84 Å². The molecule has 0 atom stereocenters. The summed E-state index contributed by atoms with van der Waals surface area (Å²) in [6, 6.07) is 1.40.